The number of nitrogens with one attached hydrogen (secondary N) is 2. The Balaban J connectivity index is 1.76. The number of benzene rings is 1. The molecule has 0 aliphatic carbocycles. The average molecular weight is 353 g/mol. The van der Waals surface area contributed by atoms with Gasteiger partial charge >= 0.3 is 0 Å². The van der Waals surface area contributed by atoms with Crippen molar-refractivity contribution in [2.45, 2.75) is 18.9 Å². The topological polar surface area (TPSA) is 81.1 Å². The van der Waals surface area contributed by atoms with Gasteiger partial charge in [0.15, 0.2) is 0 Å². The lowest BCUT2D eigenvalue weighted by Gasteiger charge is -2.35. The van der Waals surface area contributed by atoms with Crippen LogP contribution in [0.4, 0.5) is 15.9 Å². The molecule has 26 heavy (non-hydrogen) atoms. The molecule has 2 aromatic rings. The standard InChI is InChI=1S/C19H20FN5O/c1-22-19(26)15-5-2-8-23-18(15)24-14-4-3-9-25(12-14)17-7-6-13(11-21)10-16(17)20/h2,5-8,10,14H,3-4,9,12H2,1H3,(H,22,26)(H,23,24). The Bertz CT molecular complexity index is 848. The van der Waals surface area contributed by atoms with Gasteiger partial charge in [0.25, 0.3) is 5.91 Å². The predicted molar refractivity (Wildman–Crippen MR) is 97.6 cm³/mol. The van der Waals surface area contributed by atoms with Crippen molar-refractivity contribution in [3.63, 3.8) is 0 Å². The van der Waals surface area contributed by atoms with Gasteiger partial charge < -0.3 is 15.5 Å². The summed E-state index contributed by atoms with van der Waals surface area (Å²) in [6.45, 7) is 1.33. The van der Waals surface area contributed by atoms with Gasteiger partial charge in [-0.2, -0.15) is 5.26 Å². The van der Waals surface area contributed by atoms with Crippen LogP contribution in [0.1, 0.15) is 28.8 Å². The number of pyridine rings is 1. The van der Waals surface area contributed by atoms with Crippen LogP contribution in [0.2, 0.25) is 0 Å². The minimum absolute atomic E-state index is 0.0390. The molecular weight excluding hydrogens is 333 g/mol. The number of nitrogens with zero attached hydrogens (tertiary/aromatic N) is 3. The SMILES string of the molecule is CNC(=O)c1cccnc1NC1CCCN(c2ccc(C#N)cc2F)C1. The zero-order chi connectivity index (χ0) is 18.5. The van der Waals surface area contributed by atoms with Crippen LogP contribution in [0.15, 0.2) is 36.5 Å². The van der Waals surface area contributed by atoms with Gasteiger partial charge in [0.1, 0.15) is 11.6 Å². The molecular formula is C19H20FN5O. The maximum atomic E-state index is 14.3. The minimum atomic E-state index is -0.395. The fraction of sp³-hybridized carbons (Fsp3) is 0.316. The van der Waals surface area contributed by atoms with Gasteiger partial charge in [0.05, 0.1) is 22.9 Å². The number of amides is 1. The van der Waals surface area contributed by atoms with Crippen LogP contribution >= 0.6 is 0 Å². The first kappa shape index (κ1) is 17.7. The highest BCUT2D eigenvalue weighted by molar-refractivity contribution is 5.98. The summed E-state index contributed by atoms with van der Waals surface area (Å²) in [5.41, 5.74) is 1.28. The molecule has 1 aliphatic rings. The molecule has 0 spiro atoms. The molecule has 1 saturated heterocycles. The first-order chi connectivity index (χ1) is 12.6. The normalized spacial score (nSPS) is 16.7. The summed E-state index contributed by atoms with van der Waals surface area (Å²) < 4.78 is 14.3. The van der Waals surface area contributed by atoms with E-state index in [1.165, 1.54) is 6.07 Å². The Morgan fingerprint density at radius 3 is 3.00 bits per heavy atom. The monoisotopic (exact) mass is 353 g/mol. The van der Waals surface area contributed by atoms with Crippen LogP contribution in [0, 0.1) is 17.1 Å². The van der Waals surface area contributed by atoms with Gasteiger partial charge in [0, 0.05) is 32.4 Å². The molecule has 1 fully saturated rings. The van der Waals surface area contributed by atoms with Gasteiger partial charge in [-0.15, -0.1) is 0 Å². The third-order valence-electron chi connectivity index (χ3n) is 4.46. The fourth-order valence-corrected chi connectivity index (χ4v) is 3.18. The molecule has 134 valence electrons. The number of nitriles is 1. The number of halogens is 1. The molecule has 1 atom stereocenters. The molecule has 2 N–H and O–H groups in total. The van der Waals surface area contributed by atoms with Crippen molar-refractivity contribution in [1.29, 1.82) is 5.26 Å². The largest absolute Gasteiger partial charge is 0.367 e. The van der Waals surface area contributed by atoms with Gasteiger partial charge in [-0.05, 0) is 43.2 Å². The van der Waals surface area contributed by atoms with Crippen LogP contribution in [0.5, 0.6) is 0 Å². The molecule has 0 saturated carbocycles. The number of carbonyl (C=O) groups excluding carboxylic acids is 1. The third-order valence-corrected chi connectivity index (χ3v) is 4.46. The lowest BCUT2D eigenvalue weighted by Crippen LogP contribution is -2.43. The fourth-order valence-electron chi connectivity index (χ4n) is 3.18. The highest BCUT2D eigenvalue weighted by atomic mass is 19.1. The molecule has 0 bridgehead atoms. The first-order valence-electron chi connectivity index (χ1n) is 8.50. The third kappa shape index (κ3) is 3.75. The van der Waals surface area contributed by atoms with Crippen LogP contribution in [-0.4, -0.2) is 37.1 Å². The molecule has 1 amide bonds. The number of hydrogen-bond donors (Lipinski definition) is 2. The van der Waals surface area contributed by atoms with Crippen LogP contribution < -0.4 is 15.5 Å². The molecule has 3 rings (SSSR count). The van der Waals surface area contributed by atoms with Crippen LogP contribution in [0.25, 0.3) is 0 Å². The quantitative estimate of drug-likeness (QED) is 0.883. The van der Waals surface area contributed by atoms with E-state index in [-0.39, 0.29) is 11.9 Å². The van der Waals surface area contributed by atoms with Gasteiger partial charge in [-0.1, -0.05) is 0 Å². The van der Waals surface area contributed by atoms with Crippen molar-refractivity contribution in [2.75, 3.05) is 30.4 Å². The molecule has 1 aromatic heterocycles. The second-order valence-corrected chi connectivity index (χ2v) is 6.19. The van der Waals surface area contributed by atoms with E-state index in [4.69, 9.17) is 5.26 Å². The highest BCUT2D eigenvalue weighted by Crippen LogP contribution is 2.25. The van der Waals surface area contributed by atoms with Crippen molar-refractivity contribution in [3.05, 3.63) is 53.5 Å². The highest BCUT2D eigenvalue weighted by Gasteiger charge is 2.23. The zero-order valence-electron chi connectivity index (χ0n) is 14.5. The zero-order valence-corrected chi connectivity index (χ0v) is 14.5. The summed E-state index contributed by atoms with van der Waals surface area (Å²) in [5, 5.41) is 14.8. The Labute approximate surface area is 151 Å². The minimum Gasteiger partial charge on any atom is -0.367 e. The second kappa shape index (κ2) is 7.83. The number of anilines is 2. The Morgan fingerprint density at radius 1 is 1.42 bits per heavy atom. The smallest absolute Gasteiger partial charge is 0.254 e. The van der Waals surface area contributed by atoms with E-state index in [2.05, 4.69) is 15.6 Å². The second-order valence-electron chi connectivity index (χ2n) is 6.19. The van der Waals surface area contributed by atoms with E-state index in [1.54, 1.807) is 37.5 Å². The van der Waals surface area contributed by atoms with Crippen molar-refractivity contribution >= 4 is 17.4 Å². The molecule has 1 unspecified atom stereocenters. The predicted octanol–water partition coefficient (Wildman–Crippen LogP) is 2.53. The molecule has 2 heterocycles. The summed E-state index contributed by atoms with van der Waals surface area (Å²) >= 11 is 0. The Kier molecular flexibility index (Phi) is 5.32. The summed E-state index contributed by atoms with van der Waals surface area (Å²) in [6, 6.07) is 9.95. The van der Waals surface area contributed by atoms with E-state index in [0.717, 1.165) is 19.4 Å². The Hall–Kier alpha value is -3.14. The van der Waals surface area contributed by atoms with Crippen LogP contribution in [-0.2, 0) is 0 Å². The van der Waals surface area contributed by atoms with E-state index < -0.39 is 5.82 Å². The van der Waals surface area contributed by atoms with Crippen molar-refractivity contribution < 1.29 is 9.18 Å². The van der Waals surface area contributed by atoms with E-state index in [0.29, 0.717) is 29.2 Å². The number of rotatable bonds is 4. The van der Waals surface area contributed by atoms with E-state index in [9.17, 15) is 9.18 Å². The van der Waals surface area contributed by atoms with Crippen LogP contribution in [0.3, 0.4) is 0 Å². The number of piperidine rings is 1. The lowest BCUT2D eigenvalue weighted by atomic mass is 10.0. The van der Waals surface area contributed by atoms with E-state index >= 15 is 0 Å². The summed E-state index contributed by atoms with van der Waals surface area (Å²) in [6.07, 6.45) is 3.42. The maximum Gasteiger partial charge on any atom is 0.254 e. The summed E-state index contributed by atoms with van der Waals surface area (Å²) in [7, 11) is 1.58. The van der Waals surface area contributed by atoms with Gasteiger partial charge in [0.2, 0.25) is 0 Å². The van der Waals surface area contributed by atoms with Gasteiger partial charge in [-0.25, -0.2) is 9.37 Å². The number of hydrogen-bond acceptors (Lipinski definition) is 5. The van der Waals surface area contributed by atoms with Crippen molar-refractivity contribution in [3.8, 4) is 6.07 Å². The Morgan fingerprint density at radius 2 is 2.27 bits per heavy atom. The molecule has 6 nitrogen and oxygen atoms in total. The van der Waals surface area contributed by atoms with Gasteiger partial charge in [-0.3, -0.25) is 4.79 Å². The van der Waals surface area contributed by atoms with Crippen molar-refractivity contribution in [2.24, 2.45) is 0 Å². The summed E-state index contributed by atoms with van der Waals surface area (Å²) in [4.78, 5) is 18.2. The van der Waals surface area contributed by atoms with Crippen molar-refractivity contribution in [1.82, 2.24) is 10.3 Å². The number of aromatic nitrogens is 1. The maximum absolute atomic E-state index is 14.3. The summed E-state index contributed by atoms with van der Waals surface area (Å²) in [5.74, 6) is -0.0704. The molecule has 7 heteroatoms. The lowest BCUT2D eigenvalue weighted by molar-refractivity contribution is 0.0963. The first-order valence-corrected chi connectivity index (χ1v) is 8.50. The number of carbonyl (C=O) groups is 1. The average Bonchev–Trinajstić information content (AvgIpc) is 2.68. The van der Waals surface area contributed by atoms with E-state index in [1.807, 2.05) is 11.0 Å². The molecule has 0 radical (unpaired) electrons. The molecule has 1 aliphatic heterocycles. The molecule has 1 aromatic carbocycles.